The van der Waals surface area contributed by atoms with Gasteiger partial charge in [0.1, 0.15) is 0 Å². The van der Waals surface area contributed by atoms with E-state index in [0.717, 1.165) is 20.1 Å². The van der Waals surface area contributed by atoms with Crippen LogP contribution < -0.4 is 3.27 Å². The fourth-order valence-electron chi connectivity index (χ4n) is 2.14. The van der Waals surface area contributed by atoms with Crippen LogP contribution in [0.5, 0.6) is 0 Å². The fraction of sp³-hybridized carbons (Fsp3) is 0.0588. The van der Waals surface area contributed by atoms with Gasteiger partial charge < -0.3 is 0 Å². The Bertz CT molecular complexity index is 769. The molecule has 2 aromatic carbocycles. The van der Waals surface area contributed by atoms with Crippen LogP contribution in [0.15, 0.2) is 65.1 Å². The number of rotatable bonds is 4. The Morgan fingerprint density at radius 3 is 2.18 bits per heavy atom. The van der Waals surface area contributed by atoms with E-state index in [0.29, 0.717) is 5.89 Å². The average Bonchev–Trinajstić information content (AvgIpc) is 2.99. The van der Waals surface area contributed by atoms with Crippen molar-refractivity contribution in [3.63, 3.8) is 0 Å². The molecule has 0 N–H and O–H groups in total. The van der Waals surface area contributed by atoms with Gasteiger partial charge in [0.05, 0.1) is 0 Å². The van der Waals surface area contributed by atoms with Crippen LogP contribution in [0.25, 0.3) is 22.7 Å². The van der Waals surface area contributed by atoms with Gasteiger partial charge in [0, 0.05) is 0 Å². The van der Waals surface area contributed by atoms with Gasteiger partial charge in [-0.15, -0.1) is 0 Å². The molecular weight excluding hydrogens is 467 g/mol. The standard InChI is InChI=1S/C15H10NO.C2H4O2.Hg/c1-3-7-12(8-4-1)14-11-17-15(16-14)13-9-5-2-6-10-13;1-2(3)4;/h1-10H;1H3,(H,3,4);/q;;+1/p-1. The Balaban J connectivity index is 2.03. The maximum absolute atomic E-state index is 11.1. The minimum absolute atomic E-state index is 0.252. The molecule has 0 amide bonds. The Kier molecular flexibility index (Phi) is 4.68. The molecule has 1 heterocycles. The zero-order valence-electron chi connectivity index (χ0n) is 12.2. The van der Waals surface area contributed by atoms with E-state index in [2.05, 4.69) is 4.98 Å². The average molecular weight is 480 g/mol. The minimum atomic E-state index is -2.11. The normalized spacial score (nSPS) is 10.0. The van der Waals surface area contributed by atoms with Crippen LogP contribution in [0.1, 0.15) is 6.92 Å². The number of carbonyl (C=O) groups is 1. The second kappa shape index (κ2) is 6.88. The van der Waals surface area contributed by atoms with Gasteiger partial charge in [-0.25, -0.2) is 0 Å². The molecule has 0 aliphatic heterocycles. The van der Waals surface area contributed by atoms with Gasteiger partial charge in [-0.05, 0) is 0 Å². The van der Waals surface area contributed by atoms with E-state index in [-0.39, 0.29) is 5.97 Å². The molecule has 3 aromatic rings. The van der Waals surface area contributed by atoms with Crippen molar-refractivity contribution in [2.75, 3.05) is 0 Å². The van der Waals surface area contributed by atoms with Crippen LogP contribution in [0.4, 0.5) is 0 Å². The number of hydrogen-bond donors (Lipinski definition) is 0. The van der Waals surface area contributed by atoms with Crippen molar-refractivity contribution < 1.29 is 36.9 Å². The summed E-state index contributed by atoms with van der Waals surface area (Å²) >= 11 is -2.11. The number of hydrogen-bond acceptors (Lipinski definition) is 4. The molecule has 3 rings (SSSR count). The molecule has 0 atom stereocenters. The van der Waals surface area contributed by atoms with E-state index < -0.39 is 25.0 Å². The summed E-state index contributed by atoms with van der Waals surface area (Å²) in [5.74, 6) is 0.319. The van der Waals surface area contributed by atoms with Crippen molar-refractivity contribution in [3.05, 3.63) is 60.7 Å². The molecule has 0 spiro atoms. The Morgan fingerprint density at radius 1 is 1.00 bits per heavy atom. The summed E-state index contributed by atoms with van der Waals surface area (Å²) in [4.78, 5) is 15.7. The van der Waals surface area contributed by atoms with Crippen LogP contribution in [0.2, 0.25) is 0 Å². The zero-order chi connectivity index (χ0) is 15.4. The molecule has 0 aliphatic carbocycles. The van der Waals surface area contributed by atoms with Gasteiger partial charge in [-0.2, -0.15) is 0 Å². The van der Waals surface area contributed by atoms with Gasteiger partial charge in [0.15, 0.2) is 0 Å². The van der Waals surface area contributed by atoms with E-state index in [1.165, 1.54) is 6.92 Å². The summed E-state index contributed by atoms with van der Waals surface area (Å²) < 4.78 is 12.0. The van der Waals surface area contributed by atoms with Gasteiger partial charge in [0.2, 0.25) is 0 Å². The van der Waals surface area contributed by atoms with Crippen molar-refractivity contribution in [1.82, 2.24) is 4.98 Å². The molecule has 0 unspecified atom stereocenters. The van der Waals surface area contributed by atoms with E-state index in [9.17, 15) is 4.79 Å². The summed E-state index contributed by atoms with van der Waals surface area (Å²) in [6.07, 6.45) is 0. The molecule has 0 saturated carbocycles. The third-order valence-electron chi connectivity index (χ3n) is 3.17. The number of carbonyl (C=O) groups excluding carboxylic acids is 1. The zero-order valence-corrected chi connectivity index (χ0v) is 17.7. The van der Waals surface area contributed by atoms with Crippen molar-refractivity contribution in [2.45, 2.75) is 6.92 Å². The summed E-state index contributed by atoms with van der Waals surface area (Å²) in [5.41, 5.74) is 2.69. The van der Waals surface area contributed by atoms with Crippen LogP contribution in [0, 0.1) is 0 Å². The quantitative estimate of drug-likeness (QED) is 0.539. The third-order valence-corrected chi connectivity index (χ3v) is 8.20. The first kappa shape index (κ1) is 15.0. The van der Waals surface area contributed by atoms with E-state index in [1.54, 1.807) is 0 Å². The number of benzene rings is 2. The molecule has 5 heteroatoms. The summed E-state index contributed by atoms with van der Waals surface area (Å²) in [6.45, 7) is 1.43. The molecule has 4 nitrogen and oxygen atoms in total. The van der Waals surface area contributed by atoms with Crippen LogP contribution >= 0.6 is 0 Å². The van der Waals surface area contributed by atoms with Crippen LogP contribution in [-0.2, 0) is 32.5 Å². The monoisotopic (exact) mass is 481 g/mol. The van der Waals surface area contributed by atoms with Crippen LogP contribution in [-0.4, -0.2) is 11.0 Å². The fourth-order valence-corrected chi connectivity index (χ4v) is 5.84. The topological polar surface area (TPSA) is 52.3 Å². The predicted molar refractivity (Wildman–Crippen MR) is 78.8 cm³/mol. The Hall–Kier alpha value is -1.94. The molecule has 0 radical (unpaired) electrons. The third kappa shape index (κ3) is 3.44. The predicted octanol–water partition coefficient (Wildman–Crippen LogP) is 3.19. The molecule has 0 bridgehead atoms. The summed E-state index contributed by atoms with van der Waals surface area (Å²) in [5, 5.41) is 0. The van der Waals surface area contributed by atoms with Gasteiger partial charge in [0.25, 0.3) is 0 Å². The first-order chi connectivity index (χ1) is 10.7. The molecular formula is C17H13HgNO3. The number of oxazole rings is 1. The Morgan fingerprint density at radius 2 is 1.59 bits per heavy atom. The number of aromatic nitrogens is 1. The first-order valence-corrected chi connectivity index (χ1v) is 12.0. The maximum atomic E-state index is 11.1. The van der Waals surface area contributed by atoms with Crippen molar-refractivity contribution >= 4 is 9.24 Å². The molecule has 0 fully saturated rings. The Labute approximate surface area is 141 Å². The van der Waals surface area contributed by atoms with E-state index >= 15 is 0 Å². The first-order valence-electron chi connectivity index (χ1n) is 6.98. The molecule has 22 heavy (non-hydrogen) atoms. The van der Waals surface area contributed by atoms with Crippen molar-refractivity contribution in [1.29, 1.82) is 0 Å². The van der Waals surface area contributed by atoms with Gasteiger partial charge >= 0.3 is 141 Å². The van der Waals surface area contributed by atoms with Crippen LogP contribution in [0.3, 0.4) is 0 Å². The molecule has 106 valence electrons. The summed E-state index contributed by atoms with van der Waals surface area (Å²) in [6, 6.07) is 19.6. The second-order valence-electron chi connectivity index (χ2n) is 4.80. The molecule has 0 aliphatic rings. The van der Waals surface area contributed by atoms with Crippen molar-refractivity contribution in [3.8, 4) is 22.7 Å². The van der Waals surface area contributed by atoms with Gasteiger partial charge in [-0.1, -0.05) is 0 Å². The molecule has 0 saturated heterocycles. The summed E-state index contributed by atoms with van der Waals surface area (Å²) in [7, 11) is 0. The molecule has 1 aromatic heterocycles. The van der Waals surface area contributed by atoms with E-state index in [1.807, 2.05) is 60.7 Å². The number of nitrogens with zero attached hydrogens (tertiary/aromatic N) is 1. The van der Waals surface area contributed by atoms with E-state index in [4.69, 9.17) is 7.06 Å². The van der Waals surface area contributed by atoms with Crippen molar-refractivity contribution in [2.24, 2.45) is 0 Å². The SMILES string of the molecule is CC(=O)[O][Hg][c]1oc(-c2ccccc2)nc1-c1ccccc1. The second-order valence-corrected chi connectivity index (χ2v) is 9.54. The van der Waals surface area contributed by atoms with Gasteiger partial charge in [-0.3, -0.25) is 0 Å².